The summed E-state index contributed by atoms with van der Waals surface area (Å²) in [6, 6.07) is 12.8. The Morgan fingerprint density at radius 3 is 2.04 bits per heavy atom. The molecule has 4 rings (SSSR count). The summed E-state index contributed by atoms with van der Waals surface area (Å²) < 4.78 is 4.42. The second-order valence-electron chi connectivity index (χ2n) is 7.57. The third kappa shape index (κ3) is 3.72. The number of hydrogen-bond acceptors (Lipinski definition) is 2. The summed E-state index contributed by atoms with van der Waals surface area (Å²) in [6.07, 6.45) is 2.11. The van der Waals surface area contributed by atoms with Gasteiger partial charge in [-0.1, -0.05) is 38.8 Å². The summed E-state index contributed by atoms with van der Waals surface area (Å²) >= 11 is 7.18. The Morgan fingerprint density at radius 1 is 0.962 bits per heavy atom. The van der Waals surface area contributed by atoms with Crippen molar-refractivity contribution in [2.45, 2.75) is 32.4 Å². The second kappa shape index (κ2) is 7.63. The summed E-state index contributed by atoms with van der Waals surface area (Å²) in [6.45, 7) is 5.90. The predicted octanol–water partition coefficient (Wildman–Crippen LogP) is 5.41. The van der Waals surface area contributed by atoms with Crippen LogP contribution in [0.3, 0.4) is 0 Å². The van der Waals surface area contributed by atoms with Gasteiger partial charge in [0.1, 0.15) is 0 Å². The first-order valence-electron chi connectivity index (χ1n) is 9.28. The van der Waals surface area contributed by atoms with Gasteiger partial charge in [0.25, 0.3) is 0 Å². The largest absolute Gasteiger partial charge is 0.390 e. The maximum absolute atomic E-state index is 10.8. The first kappa shape index (κ1) is 18.5. The predicted molar refractivity (Wildman–Crippen MR) is 116 cm³/mol. The fourth-order valence-electron chi connectivity index (χ4n) is 4.06. The molecule has 26 heavy (non-hydrogen) atoms. The fourth-order valence-corrected chi connectivity index (χ4v) is 4.78. The van der Waals surface area contributed by atoms with Crippen LogP contribution in [-0.4, -0.2) is 40.3 Å². The van der Waals surface area contributed by atoms with Gasteiger partial charge in [0, 0.05) is 37.3 Å². The van der Waals surface area contributed by atoms with Crippen LogP contribution in [0.25, 0.3) is 21.8 Å². The summed E-state index contributed by atoms with van der Waals surface area (Å²) in [5.74, 6) is 0.817. The molecule has 1 saturated heterocycles. The maximum atomic E-state index is 10.8. The molecule has 0 bridgehead atoms. The number of rotatable bonds is 4. The van der Waals surface area contributed by atoms with Crippen LogP contribution in [0.4, 0.5) is 0 Å². The number of hydrogen-bond donors (Lipinski definition) is 1. The molecular formula is C21H24Br2N2O. The minimum atomic E-state index is -0.366. The molecule has 138 valence electrons. The number of nitrogens with zero attached hydrogens (tertiary/aromatic N) is 2. The maximum Gasteiger partial charge on any atom is 0.0845 e. The monoisotopic (exact) mass is 478 g/mol. The average Bonchev–Trinajstić information content (AvgIpc) is 2.89. The van der Waals surface area contributed by atoms with Gasteiger partial charge in [0.05, 0.1) is 12.6 Å². The number of fused-ring (bicyclic) bond motifs is 3. The van der Waals surface area contributed by atoms with Crippen molar-refractivity contribution in [1.82, 2.24) is 9.47 Å². The van der Waals surface area contributed by atoms with E-state index in [1.165, 1.54) is 34.6 Å². The van der Waals surface area contributed by atoms with Gasteiger partial charge in [-0.15, -0.1) is 0 Å². The van der Waals surface area contributed by atoms with Gasteiger partial charge in [-0.3, -0.25) is 0 Å². The van der Waals surface area contributed by atoms with Crippen LogP contribution in [0.1, 0.15) is 19.8 Å². The number of halogens is 2. The lowest BCUT2D eigenvalue weighted by atomic mass is 9.99. The Labute approximate surface area is 171 Å². The van der Waals surface area contributed by atoms with Crippen molar-refractivity contribution in [3.8, 4) is 0 Å². The number of benzene rings is 2. The van der Waals surface area contributed by atoms with Gasteiger partial charge in [-0.05, 0) is 68.2 Å². The van der Waals surface area contributed by atoms with Crippen LogP contribution >= 0.6 is 31.9 Å². The molecule has 1 atom stereocenters. The van der Waals surface area contributed by atoms with E-state index >= 15 is 0 Å². The smallest absolute Gasteiger partial charge is 0.0845 e. The number of β-amino-alcohol motifs (C(OH)–C–C–N with tert-alkyl or cyclic N) is 1. The lowest BCUT2D eigenvalue weighted by Crippen LogP contribution is -2.39. The number of aliphatic hydroxyl groups excluding tert-OH is 1. The molecule has 0 unspecified atom stereocenters. The highest BCUT2D eigenvalue weighted by atomic mass is 79.9. The quantitative estimate of drug-likeness (QED) is 0.541. The van der Waals surface area contributed by atoms with E-state index in [-0.39, 0.29) is 6.10 Å². The summed E-state index contributed by atoms with van der Waals surface area (Å²) in [5, 5.41) is 13.2. The van der Waals surface area contributed by atoms with Crippen LogP contribution < -0.4 is 0 Å². The molecule has 2 aromatic carbocycles. The van der Waals surface area contributed by atoms with E-state index in [9.17, 15) is 5.11 Å². The average molecular weight is 480 g/mol. The number of piperidine rings is 1. The van der Waals surface area contributed by atoms with E-state index in [0.717, 1.165) is 34.5 Å². The first-order chi connectivity index (χ1) is 12.5. The minimum absolute atomic E-state index is 0.366. The van der Waals surface area contributed by atoms with Gasteiger partial charge >= 0.3 is 0 Å². The van der Waals surface area contributed by atoms with Crippen LogP contribution in [0, 0.1) is 5.92 Å². The standard InChI is InChI=1S/C21H24Br2N2O/c1-14-6-8-24(9-7-14)12-17(26)13-25-20-4-2-15(22)10-18(20)19-11-16(23)3-5-21(19)25/h2-5,10-11,14,17,26H,6-9,12-13H2,1H3/t17-/m1/s1. The first-order valence-corrected chi connectivity index (χ1v) is 10.9. The third-order valence-corrected chi connectivity index (χ3v) is 6.51. The third-order valence-electron chi connectivity index (χ3n) is 5.53. The summed E-state index contributed by atoms with van der Waals surface area (Å²) in [5.41, 5.74) is 2.35. The van der Waals surface area contributed by atoms with Gasteiger partial charge in [0.15, 0.2) is 0 Å². The molecule has 1 aromatic heterocycles. The Bertz CT molecular complexity index is 869. The van der Waals surface area contributed by atoms with Crippen molar-refractivity contribution < 1.29 is 5.11 Å². The zero-order valence-corrected chi connectivity index (χ0v) is 18.1. The summed E-state index contributed by atoms with van der Waals surface area (Å²) in [4.78, 5) is 2.41. The number of aliphatic hydroxyl groups is 1. The molecule has 0 amide bonds. The highest BCUT2D eigenvalue weighted by Crippen LogP contribution is 2.33. The number of likely N-dealkylation sites (tertiary alicyclic amines) is 1. The topological polar surface area (TPSA) is 28.4 Å². The van der Waals surface area contributed by atoms with Crippen LogP contribution in [0.2, 0.25) is 0 Å². The highest BCUT2D eigenvalue weighted by Gasteiger charge is 2.20. The van der Waals surface area contributed by atoms with E-state index in [1.54, 1.807) is 0 Å². The molecule has 1 N–H and O–H groups in total. The highest BCUT2D eigenvalue weighted by molar-refractivity contribution is 9.10. The Kier molecular flexibility index (Phi) is 5.42. The van der Waals surface area contributed by atoms with E-state index in [0.29, 0.717) is 6.54 Å². The van der Waals surface area contributed by atoms with Gasteiger partial charge in [-0.2, -0.15) is 0 Å². The van der Waals surface area contributed by atoms with Crippen LogP contribution in [-0.2, 0) is 6.54 Å². The lowest BCUT2D eigenvalue weighted by molar-refractivity contribution is 0.0817. The molecule has 0 aliphatic carbocycles. The second-order valence-corrected chi connectivity index (χ2v) is 9.40. The van der Waals surface area contributed by atoms with Gasteiger partial charge in [0.2, 0.25) is 0 Å². The molecule has 1 aliphatic heterocycles. The molecule has 0 saturated carbocycles. The van der Waals surface area contributed by atoms with Crippen LogP contribution in [0.5, 0.6) is 0 Å². The summed E-state index contributed by atoms with van der Waals surface area (Å²) in [7, 11) is 0. The SMILES string of the molecule is CC1CCN(C[C@@H](O)Cn2c3ccc(Br)cc3c3cc(Br)ccc32)CC1. The van der Waals surface area contributed by atoms with E-state index in [1.807, 2.05) is 0 Å². The van der Waals surface area contributed by atoms with Crippen molar-refractivity contribution in [2.75, 3.05) is 19.6 Å². The molecule has 2 heterocycles. The van der Waals surface area contributed by atoms with E-state index in [4.69, 9.17) is 0 Å². The van der Waals surface area contributed by atoms with Crippen molar-refractivity contribution in [1.29, 1.82) is 0 Å². The Hall–Kier alpha value is -0.880. The van der Waals surface area contributed by atoms with Crippen molar-refractivity contribution >= 4 is 53.7 Å². The molecule has 1 fully saturated rings. The van der Waals surface area contributed by atoms with E-state index < -0.39 is 0 Å². The molecule has 1 aliphatic rings. The Balaban J connectivity index is 1.64. The fraction of sp³-hybridized carbons (Fsp3) is 0.429. The molecule has 3 aromatic rings. The van der Waals surface area contributed by atoms with Gasteiger partial charge < -0.3 is 14.6 Å². The Morgan fingerprint density at radius 2 is 1.50 bits per heavy atom. The van der Waals surface area contributed by atoms with Gasteiger partial charge in [-0.25, -0.2) is 0 Å². The number of aromatic nitrogens is 1. The van der Waals surface area contributed by atoms with Crippen molar-refractivity contribution in [3.63, 3.8) is 0 Å². The van der Waals surface area contributed by atoms with Crippen LogP contribution in [0.15, 0.2) is 45.3 Å². The van der Waals surface area contributed by atoms with Crippen molar-refractivity contribution in [3.05, 3.63) is 45.3 Å². The molecule has 0 radical (unpaired) electrons. The van der Waals surface area contributed by atoms with Crippen molar-refractivity contribution in [2.24, 2.45) is 5.92 Å². The zero-order valence-electron chi connectivity index (χ0n) is 15.0. The molecule has 3 nitrogen and oxygen atoms in total. The zero-order chi connectivity index (χ0) is 18.3. The molecular weight excluding hydrogens is 456 g/mol. The normalized spacial score (nSPS) is 18.0. The molecule has 5 heteroatoms. The minimum Gasteiger partial charge on any atom is -0.390 e. The lowest BCUT2D eigenvalue weighted by Gasteiger charge is -2.31. The van der Waals surface area contributed by atoms with E-state index in [2.05, 4.69) is 84.6 Å². The molecule has 0 spiro atoms.